The van der Waals surface area contributed by atoms with Crippen LogP contribution in [0.5, 0.6) is 5.75 Å². The van der Waals surface area contributed by atoms with Crippen LogP contribution in [-0.2, 0) is 11.3 Å². The van der Waals surface area contributed by atoms with Gasteiger partial charge < -0.3 is 19.6 Å². The van der Waals surface area contributed by atoms with Crippen molar-refractivity contribution < 1.29 is 23.8 Å². The van der Waals surface area contributed by atoms with Crippen molar-refractivity contribution in [3.8, 4) is 17.2 Å². The number of para-hydroxylation sites is 1. The van der Waals surface area contributed by atoms with Crippen LogP contribution in [0.4, 0.5) is 0 Å². The number of oxazole rings is 1. The second-order valence-electron chi connectivity index (χ2n) is 8.57. The molecule has 0 aliphatic heterocycles. The molecule has 7 heteroatoms. The van der Waals surface area contributed by atoms with Crippen molar-refractivity contribution in [2.75, 3.05) is 6.54 Å². The fourth-order valence-electron chi connectivity index (χ4n) is 3.43. The van der Waals surface area contributed by atoms with Gasteiger partial charge in [0.2, 0.25) is 5.89 Å². The van der Waals surface area contributed by atoms with E-state index in [2.05, 4.69) is 10.3 Å². The van der Waals surface area contributed by atoms with Gasteiger partial charge in [-0.2, -0.15) is 0 Å². The second-order valence-corrected chi connectivity index (χ2v) is 8.57. The number of nitrogens with one attached hydrogen (secondary N) is 1. The van der Waals surface area contributed by atoms with Gasteiger partial charge in [0.15, 0.2) is 5.58 Å². The number of aromatic hydroxyl groups is 1. The number of esters is 1. The highest BCUT2D eigenvalue weighted by Crippen LogP contribution is 2.27. The number of carbonyl (C=O) groups is 2. The quantitative estimate of drug-likeness (QED) is 0.367. The lowest BCUT2D eigenvalue weighted by molar-refractivity contribution is 0.0469. The van der Waals surface area contributed by atoms with Crippen LogP contribution < -0.4 is 5.32 Å². The minimum absolute atomic E-state index is 0.0558. The van der Waals surface area contributed by atoms with Gasteiger partial charge in [0.25, 0.3) is 5.91 Å². The number of aromatic nitrogens is 1. The van der Waals surface area contributed by atoms with Gasteiger partial charge in [0, 0.05) is 12.1 Å². The fraction of sp³-hybridized carbons (Fsp3) is 0.222. The lowest BCUT2D eigenvalue weighted by atomic mass is 10.1. The Balaban J connectivity index is 1.48. The van der Waals surface area contributed by atoms with Crippen LogP contribution in [0, 0.1) is 12.8 Å². The second kappa shape index (κ2) is 9.79. The number of hydrogen-bond acceptors (Lipinski definition) is 6. The highest BCUT2D eigenvalue weighted by molar-refractivity contribution is 6.04. The standard InChI is InChI=1S/C27H26N2O5/c1-16(2)14-28-25(31)20-5-4-6-22-24(20)34-26(29-22)19-10-8-18(9-11-19)15-33-27(32)21-13-17(3)7-12-23(21)30/h4-13,16,30H,14-15H2,1-3H3,(H,28,31). The lowest BCUT2D eigenvalue weighted by Crippen LogP contribution is -2.27. The molecule has 0 saturated heterocycles. The number of rotatable bonds is 7. The zero-order chi connectivity index (χ0) is 24.2. The molecule has 7 nitrogen and oxygen atoms in total. The Morgan fingerprint density at radius 1 is 1.06 bits per heavy atom. The summed E-state index contributed by atoms with van der Waals surface area (Å²) in [6, 6.07) is 17.3. The zero-order valence-corrected chi connectivity index (χ0v) is 19.3. The molecule has 4 aromatic rings. The molecule has 1 aromatic heterocycles. The number of aryl methyl sites for hydroxylation is 1. The number of amides is 1. The number of nitrogens with zero attached hydrogens (tertiary/aromatic N) is 1. The number of carbonyl (C=O) groups excluding carboxylic acids is 2. The van der Waals surface area contributed by atoms with Crippen molar-refractivity contribution in [2.24, 2.45) is 5.92 Å². The van der Waals surface area contributed by atoms with E-state index < -0.39 is 5.97 Å². The van der Waals surface area contributed by atoms with E-state index in [0.717, 1.165) is 16.7 Å². The molecule has 0 unspecified atom stereocenters. The van der Waals surface area contributed by atoms with Crippen molar-refractivity contribution in [1.29, 1.82) is 0 Å². The Bertz CT molecular complexity index is 1340. The molecule has 1 heterocycles. The molecule has 0 aliphatic carbocycles. The van der Waals surface area contributed by atoms with Crippen LogP contribution in [0.25, 0.3) is 22.6 Å². The van der Waals surface area contributed by atoms with Crippen LogP contribution >= 0.6 is 0 Å². The Labute approximate surface area is 197 Å². The predicted octanol–water partition coefficient (Wildman–Crippen LogP) is 5.25. The van der Waals surface area contributed by atoms with E-state index in [1.165, 1.54) is 6.07 Å². The molecule has 0 saturated carbocycles. The van der Waals surface area contributed by atoms with Crippen molar-refractivity contribution in [2.45, 2.75) is 27.4 Å². The molecular weight excluding hydrogens is 432 g/mol. The number of ether oxygens (including phenoxy) is 1. The number of phenols is 1. The van der Waals surface area contributed by atoms with Crippen molar-refractivity contribution in [3.63, 3.8) is 0 Å². The summed E-state index contributed by atoms with van der Waals surface area (Å²) in [5.74, 6) is -0.161. The maximum absolute atomic E-state index is 12.6. The first-order chi connectivity index (χ1) is 16.3. The van der Waals surface area contributed by atoms with Crippen molar-refractivity contribution >= 4 is 23.0 Å². The first-order valence-electron chi connectivity index (χ1n) is 11.1. The molecule has 0 fully saturated rings. The van der Waals surface area contributed by atoms with E-state index in [1.54, 1.807) is 30.3 Å². The van der Waals surface area contributed by atoms with E-state index in [9.17, 15) is 14.7 Å². The Hall–Kier alpha value is -4.13. The van der Waals surface area contributed by atoms with Gasteiger partial charge in [-0.25, -0.2) is 9.78 Å². The summed E-state index contributed by atoms with van der Waals surface area (Å²) in [7, 11) is 0. The third kappa shape index (κ3) is 5.09. The van der Waals surface area contributed by atoms with Crippen LogP contribution in [0.15, 0.2) is 65.1 Å². The van der Waals surface area contributed by atoms with Crippen LogP contribution in [0.1, 0.15) is 45.7 Å². The lowest BCUT2D eigenvalue weighted by Gasteiger charge is -2.08. The highest BCUT2D eigenvalue weighted by Gasteiger charge is 2.17. The number of fused-ring (bicyclic) bond motifs is 1. The summed E-state index contributed by atoms with van der Waals surface area (Å²) < 4.78 is 11.3. The molecule has 34 heavy (non-hydrogen) atoms. The van der Waals surface area contributed by atoms with Gasteiger partial charge in [0.05, 0.1) is 5.56 Å². The largest absolute Gasteiger partial charge is 0.507 e. The molecule has 3 aromatic carbocycles. The van der Waals surface area contributed by atoms with Gasteiger partial charge in [-0.1, -0.05) is 43.7 Å². The first kappa shape index (κ1) is 23.0. The monoisotopic (exact) mass is 458 g/mol. The van der Waals surface area contributed by atoms with Crippen molar-refractivity contribution in [1.82, 2.24) is 10.3 Å². The molecule has 4 rings (SSSR count). The summed E-state index contributed by atoms with van der Waals surface area (Å²) in [5, 5.41) is 12.8. The number of phenolic OH excluding ortho intramolecular Hbond substituents is 1. The summed E-state index contributed by atoms with van der Waals surface area (Å²) in [5.41, 5.74) is 3.98. The molecule has 1 amide bonds. The molecule has 2 N–H and O–H groups in total. The SMILES string of the molecule is Cc1ccc(O)c(C(=O)OCc2ccc(-c3nc4cccc(C(=O)NCC(C)C)c4o3)cc2)c1. The zero-order valence-electron chi connectivity index (χ0n) is 19.3. The molecule has 0 bridgehead atoms. The molecular formula is C27H26N2O5. The maximum Gasteiger partial charge on any atom is 0.342 e. The summed E-state index contributed by atoms with van der Waals surface area (Å²) in [4.78, 5) is 29.4. The van der Waals surface area contributed by atoms with Crippen LogP contribution in [0.3, 0.4) is 0 Å². The smallest absolute Gasteiger partial charge is 0.342 e. The normalized spacial score (nSPS) is 11.1. The highest BCUT2D eigenvalue weighted by atomic mass is 16.5. The van der Waals surface area contributed by atoms with Gasteiger partial charge in [-0.3, -0.25) is 4.79 Å². The van der Waals surface area contributed by atoms with Crippen LogP contribution in [0.2, 0.25) is 0 Å². The third-order valence-corrected chi connectivity index (χ3v) is 5.27. The van der Waals surface area contributed by atoms with Crippen molar-refractivity contribution in [3.05, 3.63) is 82.9 Å². The Morgan fingerprint density at radius 3 is 2.56 bits per heavy atom. The number of hydrogen-bond donors (Lipinski definition) is 2. The van der Waals surface area contributed by atoms with Gasteiger partial charge in [0.1, 0.15) is 23.4 Å². The molecule has 0 spiro atoms. The summed E-state index contributed by atoms with van der Waals surface area (Å²) in [6.45, 7) is 6.53. The average Bonchev–Trinajstić information content (AvgIpc) is 3.27. The predicted molar refractivity (Wildman–Crippen MR) is 129 cm³/mol. The Kier molecular flexibility index (Phi) is 6.63. The van der Waals surface area contributed by atoms with Gasteiger partial charge >= 0.3 is 5.97 Å². The van der Waals surface area contributed by atoms with E-state index in [4.69, 9.17) is 9.15 Å². The minimum atomic E-state index is -0.590. The van der Waals surface area contributed by atoms with E-state index in [1.807, 2.05) is 45.0 Å². The third-order valence-electron chi connectivity index (χ3n) is 5.27. The fourth-order valence-corrected chi connectivity index (χ4v) is 3.43. The summed E-state index contributed by atoms with van der Waals surface area (Å²) in [6.07, 6.45) is 0. The average molecular weight is 459 g/mol. The molecule has 0 atom stereocenters. The molecule has 0 aliphatic rings. The van der Waals surface area contributed by atoms with E-state index in [0.29, 0.717) is 35.0 Å². The first-order valence-corrected chi connectivity index (χ1v) is 11.1. The number of benzene rings is 3. The van der Waals surface area contributed by atoms with Crippen LogP contribution in [-0.4, -0.2) is 28.5 Å². The molecule has 0 radical (unpaired) electrons. The maximum atomic E-state index is 12.6. The van der Waals surface area contributed by atoms with Gasteiger partial charge in [-0.05, 0) is 54.8 Å². The summed E-state index contributed by atoms with van der Waals surface area (Å²) >= 11 is 0. The topological polar surface area (TPSA) is 102 Å². The minimum Gasteiger partial charge on any atom is -0.507 e. The molecule has 174 valence electrons. The van der Waals surface area contributed by atoms with Gasteiger partial charge in [-0.15, -0.1) is 0 Å². The Morgan fingerprint density at radius 2 is 1.82 bits per heavy atom. The van der Waals surface area contributed by atoms with E-state index in [-0.39, 0.29) is 23.8 Å². The van der Waals surface area contributed by atoms with E-state index >= 15 is 0 Å².